The first kappa shape index (κ1) is 24.7. The molecule has 1 aliphatic rings. The highest BCUT2D eigenvalue weighted by atomic mass is 35.5. The fourth-order valence-electron chi connectivity index (χ4n) is 3.38. The molecule has 1 aliphatic heterocycles. The highest BCUT2D eigenvalue weighted by Gasteiger charge is 2.37. The van der Waals surface area contributed by atoms with Crippen LogP contribution in [0.3, 0.4) is 0 Å². The van der Waals surface area contributed by atoms with Crippen molar-refractivity contribution in [3.05, 3.63) is 64.7 Å². The van der Waals surface area contributed by atoms with E-state index in [1.165, 1.54) is 40.5 Å². The predicted molar refractivity (Wildman–Crippen MR) is 124 cm³/mol. The summed E-state index contributed by atoms with van der Waals surface area (Å²) in [6, 6.07) is 13.8. The van der Waals surface area contributed by atoms with Crippen molar-refractivity contribution in [3.63, 3.8) is 0 Å². The molecule has 3 rings (SSSR count). The van der Waals surface area contributed by atoms with Crippen LogP contribution in [0.5, 0.6) is 0 Å². The molecule has 0 aromatic heterocycles. The molecule has 0 saturated carbocycles. The average molecular weight is 489 g/mol. The maximum Gasteiger partial charge on any atom is 0.254 e. The third-order valence-electron chi connectivity index (χ3n) is 5.76. The van der Waals surface area contributed by atoms with Crippen LogP contribution in [0.4, 0.5) is 0 Å². The molecule has 33 heavy (non-hydrogen) atoms. The standard InChI is InChI=1S/C23H25ClN4O4S/c1-15(18-7-9-20(24)10-8-18)26-22(29)16(2)27(3)23(30)19-5-4-6-21(11-19)33(31,32)28-13-17(12-25)14-28/h4-11,15-17H,13-14H2,1-3H3,(H,26,29)/t15-,16-/m1/s1. The fourth-order valence-corrected chi connectivity index (χ4v) is 5.08. The van der Waals surface area contributed by atoms with Crippen LogP contribution in [0.15, 0.2) is 53.4 Å². The first-order valence-electron chi connectivity index (χ1n) is 10.4. The molecule has 1 fully saturated rings. The molecule has 2 aromatic carbocycles. The molecule has 1 heterocycles. The number of nitrogens with zero attached hydrogens (tertiary/aromatic N) is 3. The minimum Gasteiger partial charge on any atom is -0.348 e. The van der Waals surface area contributed by atoms with Gasteiger partial charge in [0.2, 0.25) is 15.9 Å². The summed E-state index contributed by atoms with van der Waals surface area (Å²) in [6.07, 6.45) is 0. The van der Waals surface area contributed by atoms with E-state index in [-0.39, 0.29) is 41.4 Å². The van der Waals surface area contributed by atoms with Gasteiger partial charge in [-0.2, -0.15) is 9.57 Å². The van der Waals surface area contributed by atoms with Gasteiger partial charge in [-0.1, -0.05) is 29.8 Å². The SMILES string of the molecule is C[C@H](C(=O)N[C@H](C)c1ccc(Cl)cc1)N(C)C(=O)c1cccc(S(=O)(=O)N2CC(C#N)C2)c1. The topological polar surface area (TPSA) is 111 Å². The number of nitrogens with one attached hydrogen (secondary N) is 1. The Kier molecular flexibility index (Phi) is 7.42. The third-order valence-corrected chi connectivity index (χ3v) is 7.84. The number of carbonyl (C=O) groups is 2. The minimum absolute atomic E-state index is 0.0217. The number of benzene rings is 2. The van der Waals surface area contributed by atoms with Crippen molar-refractivity contribution in [2.75, 3.05) is 20.1 Å². The minimum atomic E-state index is -3.79. The summed E-state index contributed by atoms with van der Waals surface area (Å²) in [6.45, 7) is 3.71. The van der Waals surface area contributed by atoms with Crippen LogP contribution in [0.1, 0.15) is 35.8 Å². The van der Waals surface area contributed by atoms with Crippen LogP contribution in [0, 0.1) is 17.2 Å². The first-order valence-corrected chi connectivity index (χ1v) is 12.2. The van der Waals surface area contributed by atoms with Gasteiger partial charge in [0, 0.05) is 30.7 Å². The molecule has 2 amide bonds. The predicted octanol–water partition coefficient (Wildman–Crippen LogP) is 2.82. The molecule has 10 heteroatoms. The lowest BCUT2D eigenvalue weighted by atomic mass is 10.1. The molecule has 0 aliphatic carbocycles. The first-order chi connectivity index (χ1) is 15.5. The highest BCUT2D eigenvalue weighted by Crippen LogP contribution is 2.25. The third kappa shape index (κ3) is 5.36. The molecule has 0 unspecified atom stereocenters. The number of carbonyl (C=O) groups excluding carboxylic acids is 2. The van der Waals surface area contributed by atoms with Crippen LogP contribution < -0.4 is 5.32 Å². The molecule has 2 atom stereocenters. The summed E-state index contributed by atoms with van der Waals surface area (Å²) >= 11 is 5.90. The summed E-state index contributed by atoms with van der Waals surface area (Å²) in [7, 11) is -2.30. The zero-order valence-corrected chi connectivity index (χ0v) is 20.1. The van der Waals surface area contributed by atoms with Crippen LogP contribution in [0.25, 0.3) is 0 Å². The molecule has 1 saturated heterocycles. The van der Waals surface area contributed by atoms with E-state index >= 15 is 0 Å². The van der Waals surface area contributed by atoms with Gasteiger partial charge in [-0.15, -0.1) is 0 Å². The number of rotatable bonds is 7. The molecule has 0 bridgehead atoms. The van der Waals surface area contributed by atoms with Gasteiger partial charge in [0.05, 0.1) is 22.9 Å². The van der Waals surface area contributed by atoms with Crippen molar-refractivity contribution in [1.82, 2.24) is 14.5 Å². The number of hydrogen-bond donors (Lipinski definition) is 1. The second kappa shape index (κ2) is 9.91. The Bertz CT molecular complexity index is 1190. The number of likely N-dealkylation sites (N-methyl/N-ethyl adjacent to an activating group) is 1. The normalized spacial score (nSPS) is 16.2. The summed E-state index contributed by atoms with van der Waals surface area (Å²) in [5.41, 5.74) is 1.03. The number of amides is 2. The van der Waals surface area contributed by atoms with Gasteiger partial charge in [-0.3, -0.25) is 9.59 Å². The zero-order valence-electron chi connectivity index (χ0n) is 18.5. The molecular weight excluding hydrogens is 464 g/mol. The second-order valence-electron chi connectivity index (χ2n) is 8.05. The molecule has 1 N–H and O–H groups in total. The van der Waals surface area contributed by atoms with Gasteiger partial charge < -0.3 is 10.2 Å². The summed E-state index contributed by atoms with van der Waals surface area (Å²) < 4.78 is 26.7. The van der Waals surface area contributed by atoms with E-state index in [2.05, 4.69) is 5.32 Å². The Morgan fingerprint density at radius 1 is 1.18 bits per heavy atom. The number of sulfonamides is 1. The van der Waals surface area contributed by atoms with Crippen LogP contribution in [0.2, 0.25) is 5.02 Å². The maximum atomic E-state index is 13.0. The van der Waals surface area contributed by atoms with Crippen molar-refractivity contribution in [2.45, 2.75) is 30.8 Å². The molecule has 8 nitrogen and oxygen atoms in total. The van der Waals surface area contributed by atoms with Gasteiger partial charge >= 0.3 is 0 Å². The van der Waals surface area contributed by atoms with Gasteiger partial charge in [0.1, 0.15) is 6.04 Å². The number of hydrogen-bond acceptors (Lipinski definition) is 5. The van der Waals surface area contributed by atoms with Crippen molar-refractivity contribution in [2.24, 2.45) is 5.92 Å². The lowest BCUT2D eigenvalue weighted by Crippen LogP contribution is -2.49. The number of halogens is 1. The van der Waals surface area contributed by atoms with Gasteiger partial charge in [-0.25, -0.2) is 8.42 Å². The quantitative estimate of drug-likeness (QED) is 0.644. The summed E-state index contributed by atoms with van der Waals surface area (Å²) in [5.74, 6) is -1.14. The summed E-state index contributed by atoms with van der Waals surface area (Å²) in [5, 5.41) is 12.4. The van der Waals surface area contributed by atoms with Crippen molar-refractivity contribution < 1.29 is 18.0 Å². The van der Waals surface area contributed by atoms with E-state index in [1.54, 1.807) is 19.1 Å². The summed E-state index contributed by atoms with van der Waals surface area (Å²) in [4.78, 5) is 27.0. The lowest BCUT2D eigenvalue weighted by molar-refractivity contribution is -0.125. The lowest BCUT2D eigenvalue weighted by Gasteiger charge is -2.34. The average Bonchev–Trinajstić information content (AvgIpc) is 2.77. The molecule has 0 radical (unpaired) electrons. The largest absolute Gasteiger partial charge is 0.348 e. The van der Waals surface area contributed by atoms with Gasteiger partial charge in [-0.05, 0) is 49.7 Å². The van der Waals surface area contributed by atoms with E-state index in [0.29, 0.717) is 5.02 Å². The van der Waals surface area contributed by atoms with Gasteiger partial charge in [0.25, 0.3) is 5.91 Å². The molecule has 2 aromatic rings. The van der Waals surface area contributed by atoms with Crippen LogP contribution in [-0.2, 0) is 14.8 Å². The maximum absolute atomic E-state index is 13.0. The van der Waals surface area contributed by atoms with Gasteiger partial charge in [0.15, 0.2) is 0 Å². The van der Waals surface area contributed by atoms with E-state index in [0.717, 1.165) is 5.56 Å². The van der Waals surface area contributed by atoms with Crippen molar-refractivity contribution in [1.29, 1.82) is 5.26 Å². The Morgan fingerprint density at radius 2 is 1.82 bits per heavy atom. The van der Waals surface area contributed by atoms with Crippen LogP contribution >= 0.6 is 11.6 Å². The Labute approximate surface area is 198 Å². The zero-order chi connectivity index (χ0) is 24.3. The molecule has 0 spiro atoms. The fraction of sp³-hybridized carbons (Fsp3) is 0.348. The Morgan fingerprint density at radius 3 is 2.42 bits per heavy atom. The van der Waals surface area contributed by atoms with E-state index in [4.69, 9.17) is 16.9 Å². The monoisotopic (exact) mass is 488 g/mol. The second-order valence-corrected chi connectivity index (χ2v) is 10.4. The van der Waals surface area contributed by atoms with E-state index < -0.39 is 22.0 Å². The van der Waals surface area contributed by atoms with Crippen LogP contribution in [-0.4, -0.2) is 55.6 Å². The van der Waals surface area contributed by atoms with Crippen molar-refractivity contribution >= 4 is 33.4 Å². The Hall–Kier alpha value is -2.93. The van der Waals surface area contributed by atoms with Crippen molar-refractivity contribution in [3.8, 4) is 6.07 Å². The molecular formula is C23H25ClN4O4S. The smallest absolute Gasteiger partial charge is 0.254 e. The highest BCUT2D eigenvalue weighted by molar-refractivity contribution is 7.89. The molecule has 174 valence electrons. The van der Waals surface area contributed by atoms with E-state index in [1.807, 2.05) is 25.1 Å². The Balaban J connectivity index is 1.69. The van der Waals surface area contributed by atoms with E-state index in [9.17, 15) is 18.0 Å². The number of nitriles is 1.